The zero-order chi connectivity index (χ0) is 16.0. The summed E-state index contributed by atoms with van der Waals surface area (Å²) in [5.74, 6) is 0.703. The fourth-order valence-electron chi connectivity index (χ4n) is 4.46. The Morgan fingerprint density at radius 3 is 2.87 bits per heavy atom. The van der Waals surface area contributed by atoms with Crippen molar-refractivity contribution in [3.05, 3.63) is 59.4 Å². The Morgan fingerprint density at radius 2 is 2.04 bits per heavy atom. The van der Waals surface area contributed by atoms with Gasteiger partial charge < -0.3 is 9.64 Å². The highest BCUT2D eigenvalue weighted by atomic mass is 19.1. The Kier molecular flexibility index (Phi) is 3.86. The molecule has 0 aromatic heterocycles. The summed E-state index contributed by atoms with van der Waals surface area (Å²) in [6.45, 7) is 0.735. The average Bonchev–Trinajstić information content (AvgIpc) is 2.69. The van der Waals surface area contributed by atoms with Gasteiger partial charge in [-0.25, -0.2) is 4.39 Å². The molecule has 0 bridgehead atoms. The van der Waals surface area contributed by atoms with Gasteiger partial charge in [0.15, 0.2) is 0 Å². The summed E-state index contributed by atoms with van der Waals surface area (Å²) in [5, 5.41) is 0. The first-order valence-electron chi connectivity index (χ1n) is 8.55. The molecule has 0 saturated carbocycles. The topological polar surface area (TPSA) is 12.5 Å². The van der Waals surface area contributed by atoms with Crippen LogP contribution in [0.25, 0.3) is 0 Å². The van der Waals surface area contributed by atoms with E-state index in [-0.39, 0.29) is 17.8 Å². The van der Waals surface area contributed by atoms with E-state index in [1.165, 1.54) is 11.1 Å². The first-order chi connectivity index (χ1) is 11.1. The van der Waals surface area contributed by atoms with Gasteiger partial charge in [0.05, 0.1) is 12.7 Å². The molecule has 1 aromatic carbocycles. The summed E-state index contributed by atoms with van der Waals surface area (Å²) >= 11 is 0. The van der Waals surface area contributed by atoms with Gasteiger partial charge >= 0.3 is 0 Å². The summed E-state index contributed by atoms with van der Waals surface area (Å²) in [5.41, 5.74) is 2.80. The smallest absolute Gasteiger partial charge is 0.119 e. The molecular weight excluding hydrogens is 289 g/mol. The molecule has 1 saturated heterocycles. The molecular formula is C20H24FNO. The number of hydrogen-bond donors (Lipinski definition) is 0. The number of ether oxygens (including phenoxy) is 1. The lowest BCUT2D eigenvalue weighted by molar-refractivity contribution is -0.0647. The molecule has 2 unspecified atom stereocenters. The van der Waals surface area contributed by atoms with Crippen LogP contribution in [0.5, 0.6) is 0 Å². The predicted molar refractivity (Wildman–Crippen MR) is 90.0 cm³/mol. The number of rotatable bonds is 1. The third kappa shape index (κ3) is 2.66. The fourth-order valence-corrected chi connectivity index (χ4v) is 4.46. The summed E-state index contributed by atoms with van der Waals surface area (Å²) in [4.78, 5) is 2.25. The molecule has 3 heteroatoms. The van der Waals surface area contributed by atoms with Gasteiger partial charge in [-0.2, -0.15) is 0 Å². The molecule has 23 heavy (non-hydrogen) atoms. The van der Waals surface area contributed by atoms with Gasteiger partial charge in [0.2, 0.25) is 0 Å². The van der Waals surface area contributed by atoms with Gasteiger partial charge in [-0.3, -0.25) is 0 Å². The van der Waals surface area contributed by atoms with Gasteiger partial charge in [-0.1, -0.05) is 30.3 Å². The molecule has 0 radical (unpaired) electrons. The molecule has 2 nitrogen and oxygen atoms in total. The second kappa shape index (κ2) is 5.88. The van der Waals surface area contributed by atoms with Crippen molar-refractivity contribution in [2.75, 3.05) is 20.7 Å². The molecule has 3 aliphatic rings. The molecule has 0 amide bonds. The highest BCUT2D eigenvalue weighted by molar-refractivity contribution is 5.37. The highest BCUT2D eigenvalue weighted by Crippen LogP contribution is 2.45. The summed E-state index contributed by atoms with van der Waals surface area (Å²) in [6.07, 6.45) is 7.59. The number of likely N-dealkylation sites (N-methyl/N-ethyl adjacent to an activating group) is 1. The molecule has 0 N–H and O–H groups in total. The van der Waals surface area contributed by atoms with E-state index in [2.05, 4.69) is 43.3 Å². The molecule has 122 valence electrons. The maximum Gasteiger partial charge on any atom is 0.119 e. The van der Waals surface area contributed by atoms with Crippen LogP contribution in [0, 0.1) is 11.8 Å². The van der Waals surface area contributed by atoms with Crippen LogP contribution in [-0.4, -0.2) is 37.7 Å². The average molecular weight is 313 g/mol. The van der Waals surface area contributed by atoms with E-state index in [4.69, 9.17) is 4.74 Å². The SMILES string of the molecule is CN(C)[C@@H]1CO[C@H]2C3C=C(F)C=CC3Cc3ccccc3[C@H]2C1. The van der Waals surface area contributed by atoms with Crippen molar-refractivity contribution in [1.29, 1.82) is 0 Å². The van der Waals surface area contributed by atoms with Crippen molar-refractivity contribution in [3.8, 4) is 0 Å². The third-order valence-electron chi connectivity index (χ3n) is 5.77. The van der Waals surface area contributed by atoms with Crippen LogP contribution in [0.1, 0.15) is 23.5 Å². The van der Waals surface area contributed by atoms with E-state index < -0.39 is 0 Å². The van der Waals surface area contributed by atoms with Gasteiger partial charge in [-0.05, 0) is 56.1 Å². The van der Waals surface area contributed by atoms with Gasteiger partial charge in [0, 0.05) is 17.9 Å². The van der Waals surface area contributed by atoms with Crippen LogP contribution >= 0.6 is 0 Å². The van der Waals surface area contributed by atoms with Crippen molar-refractivity contribution in [1.82, 2.24) is 4.90 Å². The molecule has 1 aliphatic heterocycles. The Hall–Kier alpha value is -1.45. The maximum atomic E-state index is 13.9. The fraction of sp³-hybridized carbons (Fsp3) is 0.500. The summed E-state index contributed by atoms with van der Waals surface area (Å²) in [7, 11) is 4.23. The molecule has 2 aliphatic carbocycles. The van der Waals surface area contributed by atoms with Crippen LogP contribution < -0.4 is 0 Å². The maximum absolute atomic E-state index is 13.9. The zero-order valence-corrected chi connectivity index (χ0v) is 13.8. The van der Waals surface area contributed by atoms with E-state index in [1.807, 2.05) is 6.08 Å². The predicted octanol–water partition coefficient (Wildman–Crippen LogP) is 3.70. The number of hydrogen-bond acceptors (Lipinski definition) is 2. The first-order valence-corrected chi connectivity index (χ1v) is 8.55. The minimum absolute atomic E-state index is 0.0792. The number of benzene rings is 1. The van der Waals surface area contributed by atoms with Crippen molar-refractivity contribution in [2.45, 2.75) is 30.9 Å². The van der Waals surface area contributed by atoms with Crippen molar-refractivity contribution in [2.24, 2.45) is 11.8 Å². The third-order valence-corrected chi connectivity index (χ3v) is 5.77. The number of fused-ring (bicyclic) bond motifs is 5. The molecule has 1 aromatic rings. The van der Waals surface area contributed by atoms with E-state index in [0.29, 0.717) is 17.9 Å². The van der Waals surface area contributed by atoms with Crippen LogP contribution in [0.4, 0.5) is 4.39 Å². The van der Waals surface area contributed by atoms with Gasteiger partial charge in [-0.15, -0.1) is 0 Å². The zero-order valence-electron chi connectivity index (χ0n) is 13.8. The second-order valence-electron chi connectivity index (χ2n) is 7.31. The summed E-state index contributed by atoms with van der Waals surface area (Å²) in [6, 6.07) is 9.14. The monoisotopic (exact) mass is 313 g/mol. The van der Waals surface area contributed by atoms with Crippen LogP contribution in [0.3, 0.4) is 0 Å². The minimum Gasteiger partial charge on any atom is -0.375 e. The molecule has 4 rings (SSSR count). The van der Waals surface area contributed by atoms with E-state index >= 15 is 0 Å². The number of nitrogens with zero attached hydrogens (tertiary/aromatic N) is 1. The van der Waals surface area contributed by atoms with Crippen molar-refractivity contribution < 1.29 is 9.13 Å². The van der Waals surface area contributed by atoms with Gasteiger partial charge in [0.1, 0.15) is 5.83 Å². The quantitative estimate of drug-likeness (QED) is 0.784. The lowest BCUT2D eigenvalue weighted by Gasteiger charge is -2.42. The van der Waals surface area contributed by atoms with E-state index in [9.17, 15) is 4.39 Å². The lowest BCUT2D eigenvalue weighted by atomic mass is 9.76. The normalized spacial score (nSPS) is 35.8. The molecule has 0 spiro atoms. The van der Waals surface area contributed by atoms with Crippen LogP contribution in [0.15, 0.2) is 48.3 Å². The largest absolute Gasteiger partial charge is 0.375 e. The first kappa shape index (κ1) is 15.1. The van der Waals surface area contributed by atoms with Crippen molar-refractivity contribution >= 4 is 0 Å². The summed E-state index contributed by atoms with van der Waals surface area (Å²) < 4.78 is 20.2. The number of halogens is 1. The van der Waals surface area contributed by atoms with E-state index in [1.54, 1.807) is 12.2 Å². The molecule has 5 atom stereocenters. The van der Waals surface area contributed by atoms with E-state index in [0.717, 1.165) is 19.4 Å². The standard InChI is InChI=1S/C20H24FNO/c1-22(2)16-11-19-17-6-4-3-5-13(17)9-14-7-8-15(21)10-18(14)20(19)23-12-16/h3-8,10,14,16,18-20H,9,11-12H2,1-2H3/t14?,16-,18?,19+,20-/m0/s1. The molecule has 1 heterocycles. The van der Waals surface area contributed by atoms with Crippen molar-refractivity contribution in [3.63, 3.8) is 0 Å². The Balaban J connectivity index is 1.76. The number of allylic oxidation sites excluding steroid dienone is 3. The minimum atomic E-state index is -0.116. The Labute approximate surface area is 137 Å². The lowest BCUT2D eigenvalue weighted by Crippen LogP contribution is -2.46. The van der Waals surface area contributed by atoms with Gasteiger partial charge in [0.25, 0.3) is 0 Å². The Morgan fingerprint density at radius 1 is 1.22 bits per heavy atom. The Bertz CT molecular complexity index is 651. The van der Waals surface area contributed by atoms with Crippen LogP contribution in [-0.2, 0) is 11.2 Å². The van der Waals surface area contributed by atoms with Crippen LogP contribution in [0.2, 0.25) is 0 Å². The second-order valence-corrected chi connectivity index (χ2v) is 7.31. The molecule has 1 fully saturated rings. The highest BCUT2D eigenvalue weighted by Gasteiger charge is 2.43.